The molecule has 0 aromatic carbocycles. The van der Waals surface area contributed by atoms with Crippen molar-refractivity contribution < 1.29 is 9.90 Å². The Bertz CT molecular complexity index is 610. The number of pyridine rings is 1. The second-order valence-corrected chi connectivity index (χ2v) is 5.01. The molecule has 2 aromatic heterocycles. The monoisotopic (exact) mass is 286 g/mol. The molecule has 5 heteroatoms. The molecule has 4 nitrogen and oxygen atoms in total. The Morgan fingerprint density at radius 1 is 1.40 bits per heavy atom. The Balaban J connectivity index is 1.85. The largest absolute Gasteiger partial charge is 0.384 e. The molecule has 2 heterocycles. The highest BCUT2D eigenvalue weighted by Gasteiger charge is 2.06. The topological polar surface area (TPSA) is 62.2 Å². The Kier molecular flexibility index (Phi) is 5.30. The smallest absolute Gasteiger partial charge is 0.269 e. The zero-order valence-electron chi connectivity index (χ0n) is 10.8. The molecule has 20 heavy (non-hydrogen) atoms. The van der Waals surface area contributed by atoms with Gasteiger partial charge in [-0.25, -0.2) is 4.98 Å². The summed E-state index contributed by atoms with van der Waals surface area (Å²) in [5.41, 5.74) is 1.04. The maximum atomic E-state index is 11.9. The van der Waals surface area contributed by atoms with E-state index in [1.54, 1.807) is 23.5 Å². The van der Waals surface area contributed by atoms with E-state index < -0.39 is 0 Å². The molecule has 0 saturated heterocycles. The zero-order valence-corrected chi connectivity index (χ0v) is 11.6. The average molecular weight is 286 g/mol. The highest BCUT2D eigenvalue weighted by atomic mass is 32.1. The van der Waals surface area contributed by atoms with Gasteiger partial charge in [0.2, 0.25) is 0 Å². The van der Waals surface area contributed by atoms with Gasteiger partial charge in [-0.15, -0.1) is 11.3 Å². The third-order valence-corrected chi connectivity index (χ3v) is 3.48. The van der Waals surface area contributed by atoms with Gasteiger partial charge < -0.3 is 10.4 Å². The lowest BCUT2D eigenvalue weighted by molar-refractivity contribution is 0.0949. The molecular weight excluding hydrogens is 272 g/mol. The molecule has 0 aliphatic carbocycles. The van der Waals surface area contributed by atoms with E-state index in [0.29, 0.717) is 17.8 Å². The first kappa shape index (κ1) is 14.3. The van der Waals surface area contributed by atoms with Crippen LogP contribution >= 0.6 is 11.3 Å². The van der Waals surface area contributed by atoms with E-state index in [-0.39, 0.29) is 12.5 Å². The van der Waals surface area contributed by atoms with Crippen molar-refractivity contribution in [2.75, 3.05) is 13.2 Å². The van der Waals surface area contributed by atoms with Gasteiger partial charge in [0.25, 0.3) is 5.91 Å². The van der Waals surface area contributed by atoms with Crippen LogP contribution in [0.5, 0.6) is 0 Å². The number of nitrogens with one attached hydrogen (secondary N) is 1. The third-order valence-electron chi connectivity index (χ3n) is 2.54. The molecule has 1 amide bonds. The molecule has 2 aromatic rings. The molecule has 0 saturated carbocycles. The third kappa shape index (κ3) is 4.19. The van der Waals surface area contributed by atoms with Crippen molar-refractivity contribution in [1.82, 2.24) is 10.3 Å². The van der Waals surface area contributed by atoms with E-state index in [9.17, 15) is 4.79 Å². The van der Waals surface area contributed by atoms with Crippen LogP contribution < -0.4 is 5.32 Å². The van der Waals surface area contributed by atoms with Crippen molar-refractivity contribution in [2.24, 2.45) is 0 Å². The molecule has 102 valence electrons. The standard InChI is InChI=1S/C15H14N2O2S/c18-9-1-3-12-5-6-14(17-11-12)15(19)16-8-7-13-4-2-10-20-13/h2,4-6,10-11,18H,7-9H2,(H,16,19). The Labute approximate surface area is 121 Å². The SMILES string of the molecule is O=C(NCCc1cccs1)c1ccc(C#CCO)cn1. The Morgan fingerprint density at radius 2 is 2.30 bits per heavy atom. The maximum absolute atomic E-state index is 11.9. The minimum Gasteiger partial charge on any atom is -0.384 e. The van der Waals surface area contributed by atoms with Gasteiger partial charge >= 0.3 is 0 Å². The Morgan fingerprint density at radius 3 is 2.95 bits per heavy atom. The van der Waals surface area contributed by atoms with Gasteiger partial charge in [-0.1, -0.05) is 17.9 Å². The van der Waals surface area contributed by atoms with Gasteiger partial charge in [0, 0.05) is 23.2 Å². The van der Waals surface area contributed by atoms with E-state index in [2.05, 4.69) is 22.1 Å². The second kappa shape index (κ2) is 7.43. The molecule has 0 fully saturated rings. The molecule has 2 rings (SSSR count). The molecular formula is C15H14N2O2S. The summed E-state index contributed by atoms with van der Waals surface area (Å²) in [7, 11) is 0. The minimum atomic E-state index is -0.191. The predicted molar refractivity (Wildman–Crippen MR) is 78.6 cm³/mol. The van der Waals surface area contributed by atoms with E-state index in [0.717, 1.165) is 6.42 Å². The Hall–Kier alpha value is -2.16. The van der Waals surface area contributed by atoms with Gasteiger partial charge in [0.1, 0.15) is 12.3 Å². The zero-order chi connectivity index (χ0) is 14.2. The summed E-state index contributed by atoms with van der Waals surface area (Å²) in [6.45, 7) is 0.401. The van der Waals surface area contributed by atoms with Crippen molar-refractivity contribution in [3.63, 3.8) is 0 Å². The first-order chi connectivity index (χ1) is 9.79. The van der Waals surface area contributed by atoms with E-state index in [1.807, 2.05) is 17.5 Å². The number of carbonyl (C=O) groups is 1. The van der Waals surface area contributed by atoms with Crippen molar-refractivity contribution >= 4 is 17.2 Å². The maximum Gasteiger partial charge on any atom is 0.269 e. The first-order valence-corrected chi connectivity index (χ1v) is 7.04. The van der Waals surface area contributed by atoms with Gasteiger partial charge in [0.05, 0.1) is 0 Å². The summed E-state index contributed by atoms with van der Waals surface area (Å²) in [6.07, 6.45) is 2.35. The van der Waals surface area contributed by atoms with Crippen molar-refractivity contribution in [2.45, 2.75) is 6.42 Å². The molecule has 0 aliphatic rings. The van der Waals surface area contributed by atoms with E-state index in [1.165, 1.54) is 11.1 Å². The van der Waals surface area contributed by atoms with Crippen LogP contribution in [0.15, 0.2) is 35.8 Å². The lowest BCUT2D eigenvalue weighted by Gasteiger charge is -2.03. The number of amides is 1. The van der Waals surface area contributed by atoms with E-state index in [4.69, 9.17) is 5.11 Å². The highest BCUT2D eigenvalue weighted by Crippen LogP contribution is 2.08. The first-order valence-electron chi connectivity index (χ1n) is 6.16. The summed E-state index contributed by atoms with van der Waals surface area (Å²) in [5.74, 6) is 5.07. The van der Waals surface area contributed by atoms with Crippen LogP contribution in [-0.2, 0) is 6.42 Å². The van der Waals surface area contributed by atoms with Crippen molar-refractivity contribution in [3.05, 3.63) is 52.0 Å². The van der Waals surface area contributed by atoms with Crippen molar-refractivity contribution in [1.29, 1.82) is 0 Å². The number of hydrogen-bond acceptors (Lipinski definition) is 4. The summed E-state index contributed by atoms with van der Waals surface area (Å²) >= 11 is 1.68. The molecule has 0 radical (unpaired) electrons. The van der Waals surface area contributed by atoms with Crippen LogP contribution in [0, 0.1) is 11.8 Å². The molecule has 2 N–H and O–H groups in total. The molecule has 0 atom stereocenters. The number of rotatable bonds is 4. The number of hydrogen-bond donors (Lipinski definition) is 2. The fraction of sp³-hybridized carbons (Fsp3) is 0.200. The summed E-state index contributed by atoms with van der Waals surface area (Å²) in [4.78, 5) is 17.1. The fourth-order valence-electron chi connectivity index (χ4n) is 1.59. The van der Waals surface area contributed by atoms with E-state index >= 15 is 0 Å². The van der Waals surface area contributed by atoms with Crippen LogP contribution in [-0.4, -0.2) is 29.1 Å². The molecule has 0 spiro atoms. The van der Waals surface area contributed by atoms with Gasteiger partial charge in [0.15, 0.2) is 0 Å². The predicted octanol–water partition coefficient (Wildman–Crippen LogP) is 1.46. The summed E-state index contributed by atoms with van der Waals surface area (Å²) in [5, 5.41) is 13.4. The lowest BCUT2D eigenvalue weighted by Crippen LogP contribution is -2.26. The number of aliphatic hydroxyl groups excluding tert-OH is 1. The van der Waals surface area contributed by atoms with Gasteiger partial charge in [-0.2, -0.15) is 0 Å². The number of aromatic nitrogens is 1. The van der Waals surface area contributed by atoms with Crippen molar-refractivity contribution in [3.8, 4) is 11.8 Å². The second-order valence-electron chi connectivity index (χ2n) is 3.98. The summed E-state index contributed by atoms with van der Waals surface area (Å²) in [6, 6.07) is 7.38. The number of aliphatic hydroxyl groups is 1. The van der Waals surface area contributed by atoms with Crippen LogP contribution in [0.4, 0.5) is 0 Å². The molecule has 0 bridgehead atoms. The summed E-state index contributed by atoms with van der Waals surface area (Å²) < 4.78 is 0. The van der Waals surface area contributed by atoms with Gasteiger partial charge in [-0.3, -0.25) is 4.79 Å². The average Bonchev–Trinajstić information content (AvgIpc) is 2.99. The normalized spacial score (nSPS) is 9.65. The van der Waals surface area contributed by atoms with Crippen LogP contribution in [0.2, 0.25) is 0 Å². The van der Waals surface area contributed by atoms with Crippen LogP contribution in [0.25, 0.3) is 0 Å². The molecule has 0 unspecified atom stereocenters. The fourth-order valence-corrected chi connectivity index (χ4v) is 2.30. The number of thiophene rings is 1. The number of nitrogens with zero attached hydrogens (tertiary/aromatic N) is 1. The highest BCUT2D eigenvalue weighted by molar-refractivity contribution is 7.09. The lowest BCUT2D eigenvalue weighted by atomic mass is 10.2. The van der Waals surface area contributed by atoms with Crippen LogP contribution in [0.1, 0.15) is 20.9 Å². The molecule has 0 aliphatic heterocycles. The minimum absolute atomic E-state index is 0.190. The van der Waals surface area contributed by atoms with Gasteiger partial charge in [-0.05, 0) is 30.0 Å². The van der Waals surface area contributed by atoms with Crippen LogP contribution in [0.3, 0.4) is 0 Å². The number of carbonyl (C=O) groups excluding carboxylic acids is 1. The quantitative estimate of drug-likeness (QED) is 0.837.